The van der Waals surface area contributed by atoms with E-state index >= 15 is 0 Å². The van der Waals surface area contributed by atoms with E-state index in [-0.39, 0.29) is 18.6 Å². The molecule has 7 heteroatoms. The van der Waals surface area contributed by atoms with Crippen LogP contribution in [-0.4, -0.2) is 50.9 Å². The third-order valence-electron chi connectivity index (χ3n) is 3.91. The predicted molar refractivity (Wildman–Crippen MR) is 76.9 cm³/mol. The van der Waals surface area contributed by atoms with Gasteiger partial charge in [0, 0.05) is 37.9 Å². The minimum Gasteiger partial charge on any atom is -0.480 e. The lowest BCUT2D eigenvalue weighted by Crippen LogP contribution is -2.48. The number of hydrogen-bond acceptors (Lipinski definition) is 3. The van der Waals surface area contributed by atoms with Gasteiger partial charge in [-0.05, 0) is 18.9 Å². The lowest BCUT2D eigenvalue weighted by molar-refractivity contribution is -0.138. The molecule has 0 bridgehead atoms. The molecule has 1 heterocycles. The first-order chi connectivity index (χ1) is 10.1. The Morgan fingerprint density at radius 3 is 2.76 bits per heavy atom. The Bertz CT molecular complexity index is 494. The molecular formula is C14H22N4O3. The van der Waals surface area contributed by atoms with Gasteiger partial charge in [0.2, 0.25) is 0 Å². The van der Waals surface area contributed by atoms with Crippen molar-refractivity contribution in [1.82, 2.24) is 20.0 Å². The van der Waals surface area contributed by atoms with E-state index in [1.807, 2.05) is 13.1 Å². The van der Waals surface area contributed by atoms with Crippen molar-refractivity contribution in [2.75, 3.05) is 13.1 Å². The first-order valence-electron chi connectivity index (χ1n) is 7.31. The average Bonchev–Trinajstić information content (AvgIpc) is 3.08. The van der Waals surface area contributed by atoms with Crippen molar-refractivity contribution < 1.29 is 14.7 Å². The van der Waals surface area contributed by atoms with Gasteiger partial charge in [0.1, 0.15) is 6.54 Å². The Morgan fingerprint density at radius 1 is 1.48 bits per heavy atom. The van der Waals surface area contributed by atoms with E-state index < -0.39 is 5.97 Å². The monoisotopic (exact) mass is 294 g/mol. The zero-order valence-corrected chi connectivity index (χ0v) is 12.3. The molecule has 2 amide bonds. The van der Waals surface area contributed by atoms with Gasteiger partial charge in [0.25, 0.3) is 0 Å². The van der Waals surface area contributed by atoms with Crippen molar-refractivity contribution in [1.29, 1.82) is 0 Å². The lowest BCUT2D eigenvalue weighted by Gasteiger charge is -2.27. The number of amides is 2. The minimum absolute atomic E-state index is 0.0535. The molecule has 7 nitrogen and oxygen atoms in total. The molecule has 1 aromatic heterocycles. The number of hydrogen-bond donors (Lipinski definition) is 2. The van der Waals surface area contributed by atoms with Crippen LogP contribution in [0.2, 0.25) is 0 Å². The van der Waals surface area contributed by atoms with Crippen molar-refractivity contribution in [2.45, 2.75) is 38.1 Å². The van der Waals surface area contributed by atoms with E-state index in [2.05, 4.69) is 10.4 Å². The molecule has 2 N–H and O–H groups in total. The summed E-state index contributed by atoms with van der Waals surface area (Å²) in [6.07, 6.45) is 6.29. The number of aryl methyl sites for hydroxylation is 1. The zero-order chi connectivity index (χ0) is 15.2. The first-order valence-corrected chi connectivity index (χ1v) is 7.31. The van der Waals surface area contributed by atoms with Crippen LogP contribution in [0.1, 0.15) is 31.4 Å². The number of carboxylic acid groups (broad SMARTS) is 1. The van der Waals surface area contributed by atoms with Gasteiger partial charge in [-0.2, -0.15) is 5.10 Å². The highest BCUT2D eigenvalue weighted by Gasteiger charge is 2.28. The van der Waals surface area contributed by atoms with Crippen LogP contribution in [0, 0.1) is 0 Å². The number of carbonyl (C=O) groups excluding carboxylic acids is 1. The van der Waals surface area contributed by atoms with Crippen LogP contribution < -0.4 is 5.32 Å². The summed E-state index contributed by atoms with van der Waals surface area (Å²) in [5.41, 5.74) is 1.03. The molecule has 0 atom stereocenters. The van der Waals surface area contributed by atoms with Crippen molar-refractivity contribution in [3.8, 4) is 0 Å². The van der Waals surface area contributed by atoms with Crippen LogP contribution in [-0.2, 0) is 18.3 Å². The van der Waals surface area contributed by atoms with Gasteiger partial charge in [-0.25, -0.2) is 4.79 Å². The molecule has 0 aromatic carbocycles. The van der Waals surface area contributed by atoms with Crippen molar-refractivity contribution >= 4 is 12.0 Å². The lowest BCUT2D eigenvalue weighted by atomic mass is 10.2. The summed E-state index contributed by atoms with van der Waals surface area (Å²) in [4.78, 5) is 24.6. The zero-order valence-electron chi connectivity index (χ0n) is 12.3. The number of rotatable bonds is 6. The van der Waals surface area contributed by atoms with Gasteiger partial charge in [0.05, 0.1) is 0 Å². The maximum Gasteiger partial charge on any atom is 0.323 e. The molecule has 21 heavy (non-hydrogen) atoms. The Kier molecular flexibility index (Phi) is 5.19. The number of aromatic nitrogens is 2. The van der Waals surface area contributed by atoms with Crippen molar-refractivity contribution in [3.63, 3.8) is 0 Å². The maximum absolute atomic E-state index is 12.2. The summed E-state index contributed by atoms with van der Waals surface area (Å²) in [7, 11) is 1.85. The Labute approximate surface area is 123 Å². The molecule has 1 aliphatic rings. The highest BCUT2D eigenvalue weighted by atomic mass is 16.4. The fourth-order valence-corrected chi connectivity index (χ4v) is 2.77. The average molecular weight is 294 g/mol. The van der Waals surface area contributed by atoms with Gasteiger partial charge in [-0.3, -0.25) is 9.48 Å². The molecule has 1 saturated carbocycles. The second-order valence-electron chi connectivity index (χ2n) is 5.39. The van der Waals surface area contributed by atoms with E-state index in [1.165, 1.54) is 4.90 Å². The molecule has 0 radical (unpaired) electrons. The molecule has 116 valence electrons. The molecule has 1 aromatic rings. The summed E-state index contributed by atoms with van der Waals surface area (Å²) >= 11 is 0. The standard InChI is InChI=1S/C14H22N4O3/c1-17-11(7-9-16-17)6-8-15-14(21)18(10-13(19)20)12-4-2-3-5-12/h7,9,12H,2-6,8,10H2,1H3,(H,15,21)(H,19,20). The van der Waals surface area contributed by atoms with E-state index in [9.17, 15) is 9.59 Å². The molecule has 2 rings (SSSR count). The highest BCUT2D eigenvalue weighted by Crippen LogP contribution is 2.23. The summed E-state index contributed by atoms with van der Waals surface area (Å²) in [6, 6.07) is 1.67. The third-order valence-corrected chi connectivity index (χ3v) is 3.91. The van der Waals surface area contributed by atoms with Crippen molar-refractivity contribution in [2.24, 2.45) is 7.05 Å². The summed E-state index contributed by atoms with van der Waals surface area (Å²) in [6.45, 7) is 0.240. The van der Waals surface area contributed by atoms with Crippen LogP contribution in [0.5, 0.6) is 0 Å². The minimum atomic E-state index is -0.969. The molecule has 0 spiro atoms. The number of nitrogens with zero attached hydrogens (tertiary/aromatic N) is 3. The number of carboxylic acids is 1. The maximum atomic E-state index is 12.2. The van der Waals surface area contributed by atoms with E-state index in [4.69, 9.17) is 5.11 Å². The molecule has 0 aliphatic heterocycles. The molecule has 1 aliphatic carbocycles. The molecule has 1 fully saturated rings. The number of carbonyl (C=O) groups is 2. The first kappa shape index (κ1) is 15.3. The predicted octanol–water partition coefficient (Wildman–Crippen LogP) is 1.00. The summed E-state index contributed by atoms with van der Waals surface area (Å²) in [5.74, 6) is -0.969. The Hall–Kier alpha value is -2.05. The van der Waals surface area contributed by atoms with Crippen LogP contribution >= 0.6 is 0 Å². The van der Waals surface area contributed by atoms with Crippen LogP contribution in [0.25, 0.3) is 0 Å². The van der Waals surface area contributed by atoms with E-state index in [0.29, 0.717) is 13.0 Å². The summed E-state index contributed by atoms with van der Waals surface area (Å²) < 4.78 is 1.76. The smallest absolute Gasteiger partial charge is 0.323 e. The number of urea groups is 1. The fraction of sp³-hybridized carbons (Fsp3) is 0.643. The summed E-state index contributed by atoms with van der Waals surface area (Å²) in [5, 5.41) is 15.9. The molecule has 0 saturated heterocycles. The number of aliphatic carboxylic acids is 1. The third kappa shape index (κ3) is 4.21. The van der Waals surface area contributed by atoms with Gasteiger partial charge in [0.15, 0.2) is 0 Å². The number of nitrogens with one attached hydrogen (secondary N) is 1. The van der Waals surface area contributed by atoms with Crippen LogP contribution in [0.3, 0.4) is 0 Å². The van der Waals surface area contributed by atoms with Gasteiger partial charge < -0.3 is 15.3 Å². The highest BCUT2D eigenvalue weighted by molar-refractivity contribution is 5.80. The normalized spacial score (nSPS) is 15.1. The Balaban J connectivity index is 1.85. The second kappa shape index (κ2) is 7.10. The quantitative estimate of drug-likeness (QED) is 0.819. The largest absolute Gasteiger partial charge is 0.480 e. The second-order valence-corrected chi connectivity index (χ2v) is 5.39. The molecule has 0 unspecified atom stereocenters. The Morgan fingerprint density at radius 2 is 2.19 bits per heavy atom. The topological polar surface area (TPSA) is 87.5 Å². The van der Waals surface area contributed by atoms with Gasteiger partial charge in [-0.15, -0.1) is 0 Å². The van der Waals surface area contributed by atoms with Crippen molar-refractivity contribution in [3.05, 3.63) is 18.0 Å². The molecular weight excluding hydrogens is 272 g/mol. The van der Waals surface area contributed by atoms with E-state index in [0.717, 1.165) is 31.4 Å². The van der Waals surface area contributed by atoms with E-state index in [1.54, 1.807) is 10.9 Å². The van der Waals surface area contributed by atoms with Crippen LogP contribution in [0.4, 0.5) is 4.79 Å². The van der Waals surface area contributed by atoms with Crippen LogP contribution in [0.15, 0.2) is 12.3 Å². The fourth-order valence-electron chi connectivity index (χ4n) is 2.77. The van der Waals surface area contributed by atoms with Gasteiger partial charge >= 0.3 is 12.0 Å². The van der Waals surface area contributed by atoms with Gasteiger partial charge in [-0.1, -0.05) is 12.8 Å². The SMILES string of the molecule is Cn1nccc1CCNC(=O)N(CC(=O)O)C1CCCC1.